The lowest BCUT2D eigenvalue weighted by molar-refractivity contribution is -0.148. The second-order valence-corrected chi connectivity index (χ2v) is 4.59. The lowest BCUT2D eigenvalue weighted by atomic mass is 9.77. The maximum Gasteiger partial charge on any atom is 0.310 e. The van der Waals surface area contributed by atoms with Crippen LogP contribution in [0.25, 0.3) is 0 Å². The van der Waals surface area contributed by atoms with E-state index in [0.717, 1.165) is 0 Å². The molecule has 0 aliphatic carbocycles. The molecule has 3 heterocycles. The van der Waals surface area contributed by atoms with Crippen molar-refractivity contribution in [3.8, 4) is 0 Å². The van der Waals surface area contributed by atoms with Crippen LogP contribution in [0.1, 0.15) is 6.92 Å². The van der Waals surface area contributed by atoms with Crippen molar-refractivity contribution in [3.63, 3.8) is 0 Å². The molecule has 0 saturated carbocycles. The van der Waals surface area contributed by atoms with Crippen LogP contribution in [0.2, 0.25) is 0 Å². The van der Waals surface area contributed by atoms with Crippen molar-refractivity contribution in [2.45, 2.75) is 18.6 Å². The molecule has 1 unspecified atom stereocenters. The Hall–Kier alpha value is -1.36. The molecule has 5 heteroatoms. The minimum absolute atomic E-state index is 0.0817. The molecule has 0 aromatic carbocycles. The topological polar surface area (TPSA) is 66.8 Å². The molecule has 3 rings (SSSR count). The first-order valence-corrected chi connectivity index (χ1v) is 5.48. The maximum absolute atomic E-state index is 12.1. The van der Waals surface area contributed by atoms with Gasteiger partial charge in [0.1, 0.15) is 11.5 Å². The summed E-state index contributed by atoms with van der Waals surface area (Å²) in [6, 6.07) is 0. The van der Waals surface area contributed by atoms with Gasteiger partial charge in [0.2, 0.25) is 5.91 Å². The van der Waals surface area contributed by atoms with Crippen LogP contribution in [-0.4, -0.2) is 46.7 Å². The molecule has 2 saturated heterocycles. The first-order valence-electron chi connectivity index (χ1n) is 5.48. The zero-order valence-electron chi connectivity index (χ0n) is 8.92. The van der Waals surface area contributed by atoms with Gasteiger partial charge in [0.05, 0.1) is 18.6 Å². The molecule has 0 aromatic heterocycles. The third-order valence-corrected chi connectivity index (χ3v) is 3.85. The second-order valence-electron chi connectivity index (χ2n) is 4.59. The van der Waals surface area contributed by atoms with Gasteiger partial charge in [-0.25, -0.2) is 0 Å². The van der Waals surface area contributed by atoms with Gasteiger partial charge in [-0.2, -0.15) is 0 Å². The van der Waals surface area contributed by atoms with Gasteiger partial charge < -0.3 is 14.7 Å². The number of hydrogen-bond donors (Lipinski definition) is 1. The van der Waals surface area contributed by atoms with Crippen molar-refractivity contribution < 1.29 is 19.4 Å². The number of carbonyl (C=O) groups excluding carboxylic acids is 1. The van der Waals surface area contributed by atoms with E-state index in [1.54, 1.807) is 11.0 Å². The number of aliphatic carboxylic acids is 1. The van der Waals surface area contributed by atoms with Gasteiger partial charge in [-0.05, 0) is 6.92 Å². The van der Waals surface area contributed by atoms with E-state index in [0.29, 0.717) is 13.1 Å². The fourth-order valence-corrected chi connectivity index (χ4v) is 3.13. The quantitative estimate of drug-likeness (QED) is 0.662. The van der Waals surface area contributed by atoms with Crippen molar-refractivity contribution >= 4 is 11.9 Å². The SMILES string of the molecule is CCN1CC23C=C[C@@H](O2)[C@H](C(=O)O)[C@@H]3C1=O. The van der Waals surface area contributed by atoms with Crippen LogP contribution in [0, 0.1) is 11.8 Å². The van der Waals surface area contributed by atoms with Gasteiger partial charge >= 0.3 is 5.97 Å². The number of ether oxygens (including phenoxy) is 1. The summed E-state index contributed by atoms with van der Waals surface area (Å²) >= 11 is 0. The molecule has 2 bridgehead atoms. The number of carboxylic acids is 1. The summed E-state index contributed by atoms with van der Waals surface area (Å²) in [5, 5.41) is 9.17. The Kier molecular flexibility index (Phi) is 1.75. The molecular weight excluding hydrogens is 210 g/mol. The molecule has 0 aromatic rings. The number of carboxylic acid groups (broad SMARTS) is 1. The zero-order valence-corrected chi connectivity index (χ0v) is 8.92. The molecule has 0 radical (unpaired) electrons. The van der Waals surface area contributed by atoms with Gasteiger partial charge in [-0.15, -0.1) is 0 Å². The Bertz CT molecular complexity index is 405. The Labute approximate surface area is 92.7 Å². The largest absolute Gasteiger partial charge is 0.481 e. The molecular formula is C11H13NO4. The summed E-state index contributed by atoms with van der Waals surface area (Å²) in [7, 11) is 0. The van der Waals surface area contributed by atoms with Crippen molar-refractivity contribution in [3.05, 3.63) is 12.2 Å². The first kappa shape index (κ1) is 9.84. The van der Waals surface area contributed by atoms with Crippen LogP contribution in [0.5, 0.6) is 0 Å². The Morgan fingerprint density at radius 1 is 1.75 bits per heavy atom. The standard InChI is InChI=1S/C11H13NO4/c1-2-12-5-11-4-3-6(16-11)7(10(14)15)8(11)9(12)13/h3-4,6-8H,2,5H2,1H3,(H,14,15)/t6-,7+,8-,11?/m1/s1. The number of fused-ring (bicyclic) bond motifs is 1. The van der Waals surface area contributed by atoms with E-state index in [1.807, 2.05) is 13.0 Å². The minimum atomic E-state index is -0.937. The summed E-state index contributed by atoms with van der Waals surface area (Å²) in [5.74, 6) is -2.26. The highest BCUT2D eigenvalue weighted by Gasteiger charge is 2.66. The van der Waals surface area contributed by atoms with E-state index in [2.05, 4.69) is 0 Å². The van der Waals surface area contributed by atoms with Gasteiger partial charge in [0.15, 0.2) is 0 Å². The molecule has 1 N–H and O–H groups in total. The summed E-state index contributed by atoms with van der Waals surface area (Å²) in [4.78, 5) is 24.9. The van der Waals surface area contributed by atoms with Crippen molar-refractivity contribution in [1.29, 1.82) is 0 Å². The molecule has 2 fully saturated rings. The number of carbonyl (C=O) groups is 2. The summed E-state index contributed by atoms with van der Waals surface area (Å²) in [5.41, 5.74) is -0.666. The number of nitrogens with zero attached hydrogens (tertiary/aromatic N) is 1. The zero-order chi connectivity index (χ0) is 11.5. The fourth-order valence-electron chi connectivity index (χ4n) is 3.13. The highest BCUT2D eigenvalue weighted by atomic mass is 16.5. The van der Waals surface area contributed by atoms with Crippen LogP contribution < -0.4 is 0 Å². The fraction of sp³-hybridized carbons (Fsp3) is 0.636. The lowest BCUT2D eigenvalue weighted by Crippen LogP contribution is -2.39. The molecule has 3 aliphatic heterocycles. The van der Waals surface area contributed by atoms with Crippen molar-refractivity contribution in [1.82, 2.24) is 4.90 Å². The first-order chi connectivity index (χ1) is 7.59. The van der Waals surface area contributed by atoms with Crippen LogP contribution in [0.15, 0.2) is 12.2 Å². The van der Waals surface area contributed by atoms with Gasteiger partial charge in [-0.1, -0.05) is 12.2 Å². The van der Waals surface area contributed by atoms with E-state index in [4.69, 9.17) is 4.74 Å². The predicted molar refractivity (Wildman–Crippen MR) is 53.6 cm³/mol. The minimum Gasteiger partial charge on any atom is -0.481 e. The van der Waals surface area contributed by atoms with Crippen molar-refractivity contribution in [2.24, 2.45) is 11.8 Å². The molecule has 1 amide bonds. The van der Waals surface area contributed by atoms with Crippen LogP contribution >= 0.6 is 0 Å². The normalized spacial score (nSPS) is 44.2. The van der Waals surface area contributed by atoms with Crippen LogP contribution in [-0.2, 0) is 14.3 Å². The number of likely N-dealkylation sites (N-methyl/N-ethyl adjacent to an activating group) is 1. The summed E-state index contributed by atoms with van der Waals surface area (Å²) < 4.78 is 5.71. The Balaban J connectivity index is 2.03. The summed E-state index contributed by atoms with van der Waals surface area (Å²) in [6.07, 6.45) is 3.22. The summed E-state index contributed by atoms with van der Waals surface area (Å²) in [6.45, 7) is 2.98. The highest BCUT2D eigenvalue weighted by Crippen LogP contribution is 2.51. The molecule has 3 aliphatic rings. The van der Waals surface area contributed by atoms with Gasteiger partial charge in [0.25, 0.3) is 0 Å². The third kappa shape index (κ3) is 0.942. The van der Waals surface area contributed by atoms with E-state index in [1.165, 1.54) is 0 Å². The average Bonchev–Trinajstić information content (AvgIpc) is 2.86. The van der Waals surface area contributed by atoms with E-state index in [-0.39, 0.29) is 5.91 Å². The molecule has 4 atom stereocenters. The lowest BCUT2D eigenvalue weighted by Gasteiger charge is -2.21. The highest BCUT2D eigenvalue weighted by molar-refractivity contribution is 5.90. The number of hydrogen-bond acceptors (Lipinski definition) is 3. The second kappa shape index (κ2) is 2.85. The van der Waals surface area contributed by atoms with Gasteiger partial charge in [0, 0.05) is 6.54 Å². The number of likely N-dealkylation sites (tertiary alicyclic amines) is 1. The third-order valence-electron chi connectivity index (χ3n) is 3.85. The molecule has 5 nitrogen and oxygen atoms in total. The van der Waals surface area contributed by atoms with Crippen molar-refractivity contribution in [2.75, 3.05) is 13.1 Å². The monoisotopic (exact) mass is 223 g/mol. The maximum atomic E-state index is 12.1. The number of rotatable bonds is 2. The predicted octanol–water partition coefficient (Wildman–Crippen LogP) is -0.127. The number of amides is 1. The van der Waals surface area contributed by atoms with Crippen LogP contribution in [0.4, 0.5) is 0 Å². The van der Waals surface area contributed by atoms with E-state index < -0.39 is 29.5 Å². The Morgan fingerprint density at radius 2 is 2.50 bits per heavy atom. The van der Waals surface area contributed by atoms with Gasteiger partial charge in [-0.3, -0.25) is 9.59 Å². The molecule has 86 valence electrons. The molecule has 16 heavy (non-hydrogen) atoms. The Morgan fingerprint density at radius 3 is 3.12 bits per heavy atom. The van der Waals surface area contributed by atoms with E-state index >= 15 is 0 Å². The van der Waals surface area contributed by atoms with Crippen LogP contribution in [0.3, 0.4) is 0 Å². The smallest absolute Gasteiger partial charge is 0.310 e. The van der Waals surface area contributed by atoms with E-state index in [9.17, 15) is 14.7 Å². The average molecular weight is 223 g/mol. The molecule has 1 spiro atoms.